The predicted molar refractivity (Wildman–Crippen MR) is 178 cm³/mol. The molecule has 0 aliphatic carbocycles. The first-order valence-corrected chi connectivity index (χ1v) is 16.9. The number of ether oxygens (including phenoxy) is 2. The zero-order valence-corrected chi connectivity index (χ0v) is 28.3. The van der Waals surface area contributed by atoms with E-state index in [1.807, 2.05) is 43.9 Å². The highest BCUT2D eigenvalue weighted by Crippen LogP contribution is 2.32. The number of aromatic nitrogens is 1. The topological polar surface area (TPSA) is 106 Å². The minimum atomic E-state index is -0.557. The molecule has 9 nitrogen and oxygen atoms in total. The standard InChI is InChI=1S/C37H50FN3O6/c1-26(42)20-30(32-21-31(23-39-24-32)28-8-10-33(11-9-28)46-19-15-38)22-34(43)29-6-5-16-41(25-29)35(44)12-7-27-13-17-40(18-14-27)36(45)47-37(2,3)4/h8-11,21,23-24,27,29-30H,5-7,12-20,22,25H2,1-4H3/t29-,30?/m1/s1. The van der Waals surface area contributed by atoms with Crippen molar-refractivity contribution < 1.29 is 33.0 Å². The van der Waals surface area contributed by atoms with Gasteiger partial charge in [-0.3, -0.25) is 14.6 Å². The molecule has 1 aromatic carbocycles. The Hall–Kier alpha value is -3.82. The molecule has 1 unspecified atom stereocenters. The van der Waals surface area contributed by atoms with Gasteiger partial charge in [-0.1, -0.05) is 12.1 Å². The number of rotatable bonds is 13. The molecule has 2 atom stereocenters. The Bertz CT molecular complexity index is 1370. The predicted octanol–water partition coefficient (Wildman–Crippen LogP) is 6.78. The van der Waals surface area contributed by atoms with Crippen molar-refractivity contribution in [3.05, 3.63) is 48.3 Å². The third kappa shape index (κ3) is 11.1. The number of hydrogen-bond donors (Lipinski definition) is 0. The maximum absolute atomic E-state index is 13.6. The number of Topliss-reactive ketones (excluding diaryl/α,β-unsaturated/α-hetero) is 2. The molecule has 4 rings (SSSR count). The first kappa shape index (κ1) is 36.0. The molecule has 2 aromatic rings. The van der Waals surface area contributed by atoms with E-state index in [0.717, 1.165) is 48.8 Å². The van der Waals surface area contributed by atoms with E-state index in [-0.39, 0.29) is 54.9 Å². The van der Waals surface area contributed by atoms with Crippen LogP contribution in [0, 0.1) is 11.8 Å². The highest BCUT2D eigenvalue weighted by Gasteiger charge is 2.32. The summed E-state index contributed by atoms with van der Waals surface area (Å²) in [6, 6.07) is 9.28. The Morgan fingerprint density at radius 1 is 0.957 bits per heavy atom. The fourth-order valence-electron chi connectivity index (χ4n) is 6.49. The summed E-state index contributed by atoms with van der Waals surface area (Å²) in [7, 11) is 0. The maximum Gasteiger partial charge on any atom is 0.410 e. The molecule has 0 saturated carbocycles. The van der Waals surface area contributed by atoms with Gasteiger partial charge in [0.2, 0.25) is 5.91 Å². The van der Waals surface area contributed by atoms with Gasteiger partial charge in [-0.05, 0) is 101 Å². The van der Waals surface area contributed by atoms with E-state index in [1.54, 1.807) is 29.4 Å². The number of carbonyl (C=O) groups excluding carboxylic acids is 4. The van der Waals surface area contributed by atoms with Gasteiger partial charge in [0.15, 0.2) is 0 Å². The van der Waals surface area contributed by atoms with Crippen molar-refractivity contribution in [1.82, 2.24) is 14.8 Å². The van der Waals surface area contributed by atoms with Gasteiger partial charge in [-0.15, -0.1) is 0 Å². The second kappa shape index (κ2) is 16.8. The number of piperidine rings is 2. The summed E-state index contributed by atoms with van der Waals surface area (Å²) in [5.41, 5.74) is 2.05. The second-order valence-electron chi connectivity index (χ2n) is 14.0. The van der Waals surface area contributed by atoms with Gasteiger partial charge in [0.05, 0.1) is 0 Å². The van der Waals surface area contributed by atoms with Crippen LogP contribution >= 0.6 is 0 Å². The lowest BCUT2D eigenvalue weighted by molar-refractivity contribution is -0.135. The average molecular weight is 652 g/mol. The lowest BCUT2D eigenvalue weighted by atomic mass is 9.83. The van der Waals surface area contributed by atoms with Gasteiger partial charge in [0, 0.05) is 69.3 Å². The highest BCUT2D eigenvalue weighted by molar-refractivity contribution is 5.85. The quantitative estimate of drug-likeness (QED) is 0.235. The van der Waals surface area contributed by atoms with Gasteiger partial charge < -0.3 is 24.1 Å². The van der Waals surface area contributed by atoms with Crippen molar-refractivity contribution in [2.24, 2.45) is 11.8 Å². The number of nitrogens with zero attached hydrogens (tertiary/aromatic N) is 3. The molecule has 47 heavy (non-hydrogen) atoms. The van der Waals surface area contributed by atoms with E-state index in [2.05, 4.69) is 4.98 Å². The van der Waals surface area contributed by atoms with Crippen LogP contribution in [-0.2, 0) is 19.1 Å². The van der Waals surface area contributed by atoms with Crippen molar-refractivity contribution in [2.45, 2.75) is 90.6 Å². The summed E-state index contributed by atoms with van der Waals surface area (Å²) >= 11 is 0. The zero-order chi connectivity index (χ0) is 34.0. The molecule has 2 aliphatic heterocycles. The largest absolute Gasteiger partial charge is 0.491 e. The molecule has 0 bridgehead atoms. The molecule has 3 heterocycles. The Balaban J connectivity index is 1.30. The molecule has 2 fully saturated rings. The average Bonchev–Trinajstić information content (AvgIpc) is 3.05. The normalized spacial score (nSPS) is 18.0. The first-order valence-electron chi connectivity index (χ1n) is 16.9. The number of benzene rings is 1. The van der Waals surface area contributed by atoms with Crippen molar-refractivity contribution in [3.8, 4) is 16.9 Å². The van der Waals surface area contributed by atoms with Gasteiger partial charge in [-0.25, -0.2) is 9.18 Å². The molecule has 10 heteroatoms. The van der Waals surface area contributed by atoms with E-state index in [0.29, 0.717) is 44.3 Å². The molecule has 2 amide bonds. The third-order valence-electron chi connectivity index (χ3n) is 9.01. The number of ketones is 2. The molecule has 2 aliphatic rings. The molecule has 0 spiro atoms. The molecule has 2 saturated heterocycles. The van der Waals surface area contributed by atoms with Crippen LogP contribution in [0.1, 0.15) is 90.5 Å². The summed E-state index contributed by atoms with van der Waals surface area (Å²) in [6.45, 7) is 8.90. The second-order valence-corrected chi connectivity index (χ2v) is 14.0. The summed E-state index contributed by atoms with van der Waals surface area (Å²) in [4.78, 5) is 59.5. The molecular formula is C37H50FN3O6. The van der Waals surface area contributed by atoms with Crippen LogP contribution in [0.15, 0.2) is 42.7 Å². The lowest BCUT2D eigenvalue weighted by Crippen LogP contribution is -2.43. The fourth-order valence-corrected chi connectivity index (χ4v) is 6.49. The SMILES string of the molecule is CC(=O)CC(CC(=O)[C@@H]1CCCN(C(=O)CCC2CCN(C(=O)OC(C)(C)C)CC2)C1)c1cncc(-c2ccc(OCCF)cc2)c1. The monoisotopic (exact) mass is 651 g/mol. The molecule has 0 N–H and O–H groups in total. The van der Waals surface area contributed by atoms with Gasteiger partial charge >= 0.3 is 6.09 Å². The van der Waals surface area contributed by atoms with E-state index < -0.39 is 12.3 Å². The maximum atomic E-state index is 13.6. The van der Waals surface area contributed by atoms with Crippen molar-refractivity contribution in [2.75, 3.05) is 39.5 Å². The van der Waals surface area contributed by atoms with E-state index in [4.69, 9.17) is 9.47 Å². The highest BCUT2D eigenvalue weighted by atomic mass is 19.1. The van der Waals surface area contributed by atoms with Crippen LogP contribution in [0.3, 0.4) is 0 Å². The minimum absolute atomic E-state index is 0.0000518. The summed E-state index contributed by atoms with van der Waals surface area (Å²) in [5.74, 6) is 0.545. The third-order valence-corrected chi connectivity index (χ3v) is 9.01. The molecule has 0 radical (unpaired) electrons. The number of carbonyl (C=O) groups is 4. The number of hydrogen-bond acceptors (Lipinski definition) is 7. The number of pyridine rings is 1. The van der Waals surface area contributed by atoms with Crippen LogP contribution in [0.5, 0.6) is 5.75 Å². The lowest BCUT2D eigenvalue weighted by Gasteiger charge is -2.35. The van der Waals surface area contributed by atoms with Crippen LogP contribution in [0.4, 0.5) is 9.18 Å². The molecule has 256 valence electrons. The first-order chi connectivity index (χ1) is 22.4. The Labute approximate surface area is 278 Å². The van der Waals surface area contributed by atoms with Crippen LogP contribution in [-0.4, -0.2) is 83.4 Å². The van der Waals surface area contributed by atoms with Gasteiger partial charge in [0.25, 0.3) is 0 Å². The Kier molecular flexibility index (Phi) is 12.9. The summed E-state index contributed by atoms with van der Waals surface area (Å²) in [5, 5.41) is 0. The van der Waals surface area contributed by atoms with E-state index in [1.165, 1.54) is 6.92 Å². The van der Waals surface area contributed by atoms with Crippen molar-refractivity contribution in [3.63, 3.8) is 0 Å². The summed E-state index contributed by atoms with van der Waals surface area (Å²) < 4.78 is 23.3. The van der Waals surface area contributed by atoms with E-state index >= 15 is 0 Å². The van der Waals surface area contributed by atoms with E-state index in [9.17, 15) is 23.6 Å². The zero-order valence-electron chi connectivity index (χ0n) is 28.3. The Morgan fingerprint density at radius 2 is 1.68 bits per heavy atom. The van der Waals surface area contributed by atoms with Gasteiger partial charge in [0.1, 0.15) is 36.2 Å². The van der Waals surface area contributed by atoms with Crippen molar-refractivity contribution >= 4 is 23.6 Å². The number of alkyl halides is 1. The summed E-state index contributed by atoms with van der Waals surface area (Å²) in [6.07, 6.45) is 8.03. The smallest absolute Gasteiger partial charge is 0.410 e. The minimum Gasteiger partial charge on any atom is -0.491 e. The van der Waals surface area contributed by atoms with Crippen LogP contribution in [0.25, 0.3) is 11.1 Å². The number of likely N-dealkylation sites (tertiary alicyclic amines) is 2. The number of amides is 2. The molecule has 1 aromatic heterocycles. The van der Waals surface area contributed by atoms with Crippen molar-refractivity contribution in [1.29, 1.82) is 0 Å². The molecular weight excluding hydrogens is 601 g/mol. The van der Waals surface area contributed by atoms with Crippen LogP contribution in [0.2, 0.25) is 0 Å². The fraction of sp³-hybridized carbons (Fsp3) is 0.595. The number of halogens is 1. The van der Waals surface area contributed by atoms with Gasteiger partial charge in [-0.2, -0.15) is 0 Å². The van der Waals surface area contributed by atoms with Crippen LogP contribution < -0.4 is 4.74 Å². The Morgan fingerprint density at radius 3 is 2.34 bits per heavy atom.